The van der Waals surface area contributed by atoms with Crippen molar-refractivity contribution in [3.63, 3.8) is 0 Å². The lowest BCUT2D eigenvalue weighted by atomic mass is 10.0. The molecule has 0 radical (unpaired) electrons. The van der Waals surface area contributed by atoms with Crippen LogP contribution in [0.2, 0.25) is 0 Å². The number of imidazole rings is 1. The molecule has 0 spiro atoms. The van der Waals surface area contributed by atoms with E-state index in [1.807, 2.05) is 12.1 Å². The second-order valence-corrected chi connectivity index (χ2v) is 8.76. The Bertz CT molecular complexity index is 1280. The van der Waals surface area contributed by atoms with Crippen LogP contribution in [0.15, 0.2) is 47.5 Å². The van der Waals surface area contributed by atoms with Crippen LogP contribution in [-0.2, 0) is 11.2 Å². The van der Waals surface area contributed by atoms with Crippen molar-refractivity contribution in [3.05, 3.63) is 64.8 Å². The molecule has 1 atom stereocenters. The number of H-pyrrole nitrogens is 1. The number of hydrogen-bond donors (Lipinski definition) is 3. The fraction of sp³-hybridized carbons (Fsp3) is 0.250. The maximum atomic E-state index is 11.6. The van der Waals surface area contributed by atoms with E-state index in [0.29, 0.717) is 12.2 Å². The maximum Gasteiger partial charge on any atom is 0.301 e. The van der Waals surface area contributed by atoms with Crippen LogP contribution in [-0.4, -0.2) is 59.2 Å². The highest BCUT2D eigenvalue weighted by atomic mass is 35.5. The zero-order chi connectivity index (χ0) is 24.5. The Kier molecular flexibility index (Phi) is 6.14. The number of aromatic amines is 1. The number of ether oxygens (including phenoxy) is 2. The predicted octanol–water partition coefficient (Wildman–Crippen LogP) is 2.52. The number of nitrogens with two attached hydrogens (primary N) is 2. The smallest absolute Gasteiger partial charge is 0.301 e. The summed E-state index contributed by atoms with van der Waals surface area (Å²) in [6.07, 6.45) is 0.477. The molecule has 2 aliphatic rings. The Labute approximate surface area is 205 Å². The van der Waals surface area contributed by atoms with Gasteiger partial charge >= 0.3 is 6.01 Å². The van der Waals surface area contributed by atoms with Gasteiger partial charge in [-0.2, -0.15) is 4.98 Å². The molecule has 35 heavy (non-hydrogen) atoms. The number of nitrogens with one attached hydrogen (secondary N) is 1. The Morgan fingerprint density at radius 3 is 2.34 bits per heavy atom. The Morgan fingerprint density at radius 2 is 1.71 bits per heavy atom. The van der Waals surface area contributed by atoms with E-state index in [4.69, 9.17) is 32.5 Å². The van der Waals surface area contributed by atoms with Crippen LogP contribution in [0.5, 0.6) is 11.8 Å². The quantitative estimate of drug-likeness (QED) is 0.448. The number of carbonyl (C=O) groups is 2. The minimum Gasteiger partial charge on any atom is -0.426 e. The largest absolute Gasteiger partial charge is 0.426 e. The predicted molar refractivity (Wildman–Crippen MR) is 131 cm³/mol. The molecule has 5 rings (SSSR count). The number of fused-ring (bicyclic) bond motifs is 1. The van der Waals surface area contributed by atoms with Crippen molar-refractivity contribution in [1.82, 2.24) is 9.97 Å². The first-order valence-electron chi connectivity index (χ1n) is 11.0. The number of nitrogens with zero attached hydrogens (tertiary/aromatic N) is 3. The molecule has 1 unspecified atom stereocenters. The highest BCUT2D eigenvalue weighted by Crippen LogP contribution is 2.32. The summed E-state index contributed by atoms with van der Waals surface area (Å²) in [5.41, 5.74) is 14.4. The van der Waals surface area contributed by atoms with Gasteiger partial charge in [-0.15, -0.1) is 11.6 Å². The normalized spacial score (nSPS) is 17.5. The fourth-order valence-corrected chi connectivity index (χ4v) is 4.41. The van der Waals surface area contributed by atoms with Crippen LogP contribution in [0.25, 0.3) is 0 Å². The van der Waals surface area contributed by atoms with E-state index in [2.05, 4.69) is 32.0 Å². The number of hydrogen-bond acceptors (Lipinski definition) is 7. The molecular formula is C24H23ClN6O4. The summed E-state index contributed by atoms with van der Waals surface area (Å²) in [5.74, 6) is -0.775. The molecule has 2 aliphatic heterocycles. The SMILES string of the molecule is NC(=O)c1cc(Oc2nc3c([nH]2)CC(Cl)C(c2ccc(N4CCOCC4)cc2)=N3)cc(C(N)=O)c1. The summed E-state index contributed by atoms with van der Waals surface area (Å²) in [6, 6.07) is 12.4. The van der Waals surface area contributed by atoms with Crippen molar-refractivity contribution in [3.8, 4) is 11.8 Å². The van der Waals surface area contributed by atoms with Gasteiger partial charge in [-0.3, -0.25) is 9.59 Å². The minimum absolute atomic E-state index is 0.0919. The average Bonchev–Trinajstić information content (AvgIpc) is 3.24. The number of aliphatic imine (C=N–C) groups is 1. The van der Waals surface area contributed by atoms with Gasteiger partial charge in [0.2, 0.25) is 11.8 Å². The van der Waals surface area contributed by atoms with Crippen LogP contribution in [0, 0.1) is 0 Å². The second-order valence-electron chi connectivity index (χ2n) is 8.24. The molecule has 1 saturated heterocycles. The third-order valence-corrected chi connectivity index (χ3v) is 6.23. The van der Waals surface area contributed by atoms with Crippen LogP contribution >= 0.6 is 11.6 Å². The Balaban J connectivity index is 1.39. The summed E-state index contributed by atoms with van der Waals surface area (Å²) in [7, 11) is 0. The van der Waals surface area contributed by atoms with Gasteiger partial charge in [0, 0.05) is 36.3 Å². The number of benzene rings is 2. The molecule has 3 aromatic rings. The molecule has 1 fully saturated rings. The topological polar surface area (TPSA) is 149 Å². The monoisotopic (exact) mass is 494 g/mol. The number of halogens is 1. The lowest BCUT2D eigenvalue weighted by Crippen LogP contribution is -2.36. The Hall–Kier alpha value is -3.89. The van der Waals surface area contributed by atoms with Gasteiger partial charge in [0.25, 0.3) is 0 Å². The molecule has 2 amide bonds. The molecule has 3 heterocycles. The summed E-state index contributed by atoms with van der Waals surface area (Å²) in [6.45, 7) is 3.17. The number of morpholine rings is 1. The standard InChI is InChI=1S/C24H23ClN6O4/c25-18-12-19-23(29-20(18)13-1-3-16(4-2-13)31-5-7-34-8-6-31)30-24(28-19)35-17-10-14(21(26)32)9-15(11-17)22(27)33/h1-4,9-11,18H,5-8,12H2,(H2,26,32)(H2,27,33)(H,28,30). The number of rotatable bonds is 6. The van der Waals surface area contributed by atoms with E-state index in [-0.39, 0.29) is 28.3 Å². The fourth-order valence-electron chi connectivity index (χ4n) is 4.08. The molecule has 5 N–H and O–H groups in total. The van der Waals surface area contributed by atoms with E-state index < -0.39 is 11.8 Å². The van der Waals surface area contributed by atoms with E-state index >= 15 is 0 Å². The van der Waals surface area contributed by atoms with Crippen molar-refractivity contribution < 1.29 is 19.1 Å². The summed E-state index contributed by atoms with van der Waals surface area (Å²) in [4.78, 5) is 37.6. The zero-order valence-corrected chi connectivity index (χ0v) is 19.4. The maximum absolute atomic E-state index is 11.6. The van der Waals surface area contributed by atoms with Gasteiger partial charge < -0.3 is 30.8 Å². The zero-order valence-electron chi connectivity index (χ0n) is 18.7. The molecule has 0 saturated carbocycles. The second kappa shape index (κ2) is 9.40. The van der Waals surface area contributed by atoms with Crippen molar-refractivity contribution in [1.29, 1.82) is 0 Å². The van der Waals surface area contributed by atoms with Gasteiger partial charge in [-0.1, -0.05) is 12.1 Å². The first-order valence-corrected chi connectivity index (χ1v) is 11.5. The third-order valence-electron chi connectivity index (χ3n) is 5.87. The van der Waals surface area contributed by atoms with Crippen molar-refractivity contribution in [2.75, 3.05) is 31.2 Å². The van der Waals surface area contributed by atoms with Gasteiger partial charge in [0.15, 0.2) is 5.82 Å². The number of alkyl halides is 1. The Morgan fingerprint density at radius 1 is 1.06 bits per heavy atom. The number of anilines is 1. The third kappa shape index (κ3) is 4.84. The van der Waals surface area contributed by atoms with Crippen LogP contribution in [0.4, 0.5) is 11.5 Å². The lowest BCUT2D eigenvalue weighted by molar-refractivity contribution is 0.0999. The van der Waals surface area contributed by atoms with E-state index in [9.17, 15) is 9.59 Å². The molecule has 1 aromatic heterocycles. The summed E-state index contributed by atoms with van der Waals surface area (Å²) >= 11 is 6.67. The first kappa shape index (κ1) is 22.9. The number of amides is 2. The van der Waals surface area contributed by atoms with Crippen LogP contribution in [0.1, 0.15) is 32.0 Å². The minimum atomic E-state index is -0.712. The van der Waals surface area contributed by atoms with Gasteiger partial charge in [0.1, 0.15) is 5.75 Å². The molecular weight excluding hydrogens is 472 g/mol. The summed E-state index contributed by atoms with van der Waals surface area (Å²) < 4.78 is 11.2. The molecule has 11 heteroatoms. The van der Waals surface area contributed by atoms with Crippen LogP contribution in [0.3, 0.4) is 0 Å². The molecule has 0 bridgehead atoms. The number of aromatic nitrogens is 2. The number of primary amides is 2. The molecule has 2 aromatic carbocycles. The first-order chi connectivity index (χ1) is 16.9. The van der Waals surface area contributed by atoms with Crippen molar-refractivity contribution >= 4 is 40.6 Å². The average molecular weight is 495 g/mol. The van der Waals surface area contributed by atoms with E-state index in [1.165, 1.54) is 18.2 Å². The van der Waals surface area contributed by atoms with Gasteiger partial charge in [-0.05, 0) is 35.9 Å². The molecule has 0 aliphatic carbocycles. The number of carbonyl (C=O) groups excluding carboxylic acids is 2. The highest BCUT2D eigenvalue weighted by Gasteiger charge is 2.26. The van der Waals surface area contributed by atoms with E-state index in [0.717, 1.165) is 49.0 Å². The van der Waals surface area contributed by atoms with E-state index in [1.54, 1.807) is 0 Å². The van der Waals surface area contributed by atoms with Crippen LogP contribution < -0.4 is 21.1 Å². The lowest BCUT2D eigenvalue weighted by Gasteiger charge is -2.29. The van der Waals surface area contributed by atoms with Gasteiger partial charge in [0.05, 0.1) is 30.0 Å². The molecule has 10 nitrogen and oxygen atoms in total. The van der Waals surface area contributed by atoms with Crippen molar-refractivity contribution in [2.45, 2.75) is 11.8 Å². The molecule has 180 valence electrons. The van der Waals surface area contributed by atoms with Gasteiger partial charge in [-0.25, -0.2) is 4.99 Å². The summed E-state index contributed by atoms with van der Waals surface area (Å²) in [5, 5.41) is -0.357. The highest BCUT2D eigenvalue weighted by molar-refractivity contribution is 6.36. The van der Waals surface area contributed by atoms with Crippen molar-refractivity contribution in [2.24, 2.45) is 16.5 Å².